The number of phenolic OH excluding ortho intramolecular Hbond substituents is 1. The summed E-state index contributed by atoms with van der Waals surface area (Å²) >= 11 is 2.04. The summed E-state index contributed by atoms with van der Waals surface area (Å²) in [5.74, 6) is 2.80. The summed E-state index contributed by atoms with van der Waals surface area (Å²) < 4.78 is 0. The predicted molar refractivity (Wildman–Crippen MR) is 71.3 cm³/mol. The van der Waals surface area contributed by atoms with E-state index in [9.17, 15) is 5.11 Å². The van der Waals surface area contributed by atoms with E-state index in [1.165, 1.54) is 42.8 Å². The van der Waals surface area contributed by atoms with Gasteiger partial charge in [-0.25, -0.2) is 0 Å². The minimum absolute atomic E-state index is 0.375. The molecule has 0 amide bonds. The van der Waals surface area contributed by atoms with Crippen molar-refractivity contribution in [1.82, 2.24) is 0 Å². The SMILES string of the molecule is CCSCC1(c2ccc(O)cc2)CCCC1. The Hall–Kier alpha value is -0.630. The Bertz CT molecular complexity index is 325. The van der Waals surface area contributed by atoms with Gasteiger partial charge in [0.1, 0.15) is 5.75 Å². The first-order chi connectivity index (χ1) is 7.77. The number of phenols is 1. The zero-order valence-corrected chi connectivity index (χ0v) is 10.7. The van der Waals surface area contributed by atoms with Crippen LogP contribution >= 0.6 is 11.8 Å². The normalized spacial score (nSPS) is 18.8. The van der Waals surface area contributed by atoms with Gasteiger partial charge in [0.15, 0.2) is 0 Å². The Morgan fingerprint density at radius 1 is 1.19 bits per heavy atom. The van der Waals surface area contributed by atoms with Crippen molar-refractivity contribution in [3.63, 3.8) is 0 Å². The summed E-state index contributed by atoms with van der Waals surface area (Å²) in [5, 5.41) is 9.35. The molecular formula is C14H20OS. The molecule has 1 aliphatic rings. The van der Waals surface area contributed by atoms with Crippen molar-refractivity contribution in [2.24, 2.45) is 0 Å². The third-order valence-electron chi connectivity index (χ3n) is 3.62. The number of benzene rings is 1. The van der Waals surface area contributed by atoms with Gasteiger partial charge in [0.05, 0.1) is 0 Å². The highest BCUT2D eigenvalue weighted by molar-refractivity contribution is 7.99. The number of rotatable bonds is 4. The second-order valence-corrected chi connectivity index (χ2v) is 5.95. The smallest absolute Gasteiger partial charge is 0.115 e. The molecule has 16 heavy (non-hydrogen) atoms. The fraction of sp³-hybridized carbons (Fsp3) is 0.571. The first kappa shape index (κ1) is 11.8. The van der Waals surface area contributed by atoms with Gasteiger partial charge in [0.25, 0.3) is 0 Å². The lowest BCUT2D eigenvalue weighted by atomic mass is 9.81. The molecule has 0 saturated heterocycles. The molecule has 2 heteroatoms. The van der Waals surface area contributed by atoms with Gasteiger partial charge in [0.2, 0.25) is 0 Å². The number of hydrogen-bond acceptors (Lipinski definition) is 2. The molecule has 1 fully saturated rings. The van der Waals surface area contributed by atoms with E-state index in [4.69, 9.17) is 0 Å². The lowest BCUT2D eigenvalue weighted by molar-refractivity contribution is 0.471. The Labute approximate surface area is 102 Å². The molecule has 0 atom stereocenters. The summed E-state index contributed by atoms with van der Waals surface area (Å²) in [4.78, 5) is 0. The fourth-order valence-electron chi connectivity index (χ4n) is 2.68. The zero-order valence-electron chi connectivity index (χ0n) is 9.91. The largest absolute Gasteiger partial charge is 0.508 e. The number of thioether (sulfide) groups is 1. The maximum atomic E-state index is 9.35. The van der Waals surface area contributed by atoms with E-state index in [1.807, 2.05) is 23.9 Å². The standard InChI is InChI=1S/C14H20OS/c1-2-16-11-14(9-3-4-10-14)12-5-7-13(15)8-6-12/h5-8,15H,2-4,9-11H2,1H3. The summed E-state index contributed by atoms with van der Waals surface area (Å²) in [7, 11) is 0. The Balaban J connectivity index is 2.21. The minimum atomic E-state index is 0.375. The molecule has 0 aliphatic heterocycles. The molecular weight excluding hydrogens is 216 g/mol. The van der Waals surface area contributed by atoms with Crippen molar-refractivity contribution in [1.29, 1.82) is 0 Å². The zero-order chi connectivity index (χ0) is 11.4. The van der Waals surface area contributed by atoms with Crippen LogP contribution in [0.25, 0.3) is 0 Å². The molecule has 1 N–H and O–H groups in total. The van der Waals surface area contributed by atoms with Crippen molar-refractivity contribution in [2.75, 3.05) is 11.5 Å². The van der Waals surface area contributed by atoms with Gasteiger partial charge in [-0.3, -0.25) is 0 Å². The van der Waals surface area contributed by atoms with Crippen LogP contribution in [0.4, 0.5) is 0 Å². The van der Waals surface area contributed by atoms with Gasteiger partial charge in [-0.1, -0.05) is 31.9 Å². The van der Waals surface area contributed by atoms with Crippen LogP contribution in [0.1, 0.15) is 38.2 Å². The van der Waals surface area contributed by atoms with Crippen molar-refractivity contribution in [3.8, 4) is 5.75 Å². The summed E-state index contributed by atoms with van der Waals surface area (Å²) in [6, 6.07) is 7.87. The lowest BCUT2D eigenvalue weighted by Crippen LogP contribution is -2.25. The van der Waals surface area contributed by atoms with Crippen LogP contribution in [0.15, 0.2) is 24.3 Å². The summed E-state index contributed by atoms with van der Waals surface area (Å²) in [5.41, 5.74) is 1.80. The topological polar surface area (TPSA) is 20.2 Å². The third kappa shape index (κ3) is 2.37. The molecule has 0 heterocycles. The molecule has 2 rings (SSSR count). The van der Waals surface area contributed by atoms with Crippen molar-refractivity contribution >= 4 is 11.8 Å². The van der Waals surface area contributed by atoms with Crippen LogP contribution < -0.4 is 0 Å². The van der Waals surface area contributed by atoms with Crippen LogP contribution in [0.5, 0.6) is 5.75 Å². The molecule has 1 aromatic carbocycles. The molecule has 88 valence electrons. The quantitative estimate of drug-likeness (QED) is 0.854. The molecule has 0 radical (unpaired) electrons. The maximum Gasteiger partial charge on any atom is 0.115 e. The van der Waals surface area contributed by atoms with Gasteiger partial charge >= 0.3 is 0 Å². The average Bonchev–Trinajstić information content (AvgIpc) is 2.77. The van der Waals surface area contributed by atoms with Crippen LogP contribution in [0.3, 0.4) is 0 Å². The van der Waals surface area contributed by atoms with Gasteiger partial charge in [-0.2, -0.15) is 11.8 Å². The highest BCUT2D eigenvalue weighted by atomic mass is 32.2. The summed E-state index contributed by atoms with van der Waals surface area (Å²) in [6.07, 6.45) is 5.33. The Morgan fingerprint density at radius 3 is 2.38 bits per heavy atom. The molecule has 0 bridgehead atoms. The van der Waals surface area contributed by atoms with E-state index >= 15 is 0 Å². The summed E-state index contributed by atoms with van der Waals surface area (Å²) in [6.45, 7) is 2.23. The highest BCUT2D eigenvalue weighted by Gasteiger charge is 2.35. The Kier molecular flexibility index (Phi) is 3.80. The van der Waals surface area contributed by atoms with Crippen molar-refractivity contribution in [2.45, 2.75) is 38.0 Å². The average molecular weight is 236 g/mol. The molecule has 0 unspecified atom stereocenters. The van der Waals surface area contributed by atoms with Gasteiger partial charge < -0.3 is 5.11 Å². The minimum Gasteiger partial charge on any atom is -0.508 e. The first-order valence-electron chi connectivity index (χ1n) is 6.14. The van der Waals surface area contributed by atoms with E-state index < -0.39 is 0 Å². The van der Waals surface area contributed by atoms with Crippen LogP contribution in [-0.4, -0.2) is 16.6 Å². The van der Waals surface area contributed by atoms with Crippen LogP contribution in [0, 0.1) is 0 Å². The Morgan fingerprint density at radius 2 is 1.81 bits per heavy atom. The molecule has 1 nitrogen and oxygen atoms in total. The van der Waals surface area contributed by atoms with E-state index in [0.717, 1.165) is 0 Å². The first-order valence-corrected chi connectivity index (χ1v) is 7.29. The van der Waals surface area contributed by atoms with E-state index in [2.05, 4.69) is 19.1 Å². The highest BCUT2D eigenvalue weighted by Crippen LogP contribution is 2.43. The van der Waals surface area contributed by atoms with Crippen LogP contribution in [0.2, 0.25) is 0 Å². The monoisotopic (exact) mass is 236 g/mol. The molecule has 0 spiro atoms. The molecule has 1 aliphatic carbocycles. The molecule has 1 aromatic rings. The van der Waals surface area contributed by atoms with Crippen molar-refractivity contribution in [3.05, 3.63) is 29.8 Å². The molecule has 0 aromatic heterocycles. The maximum absolute atomic E-state index is 9.35. The van der Waals surface area contributed by atoms with Crippen molar-refractivity contribution < 1.29 is 5.11 Å². The second-order valence-electron chi connectivity index (χ2n) is 4.67. The predicted octanol–water partition coefficient (Wildman–Crippen LogP) is 3.96. The van der Waals surface area contributed by atoms with E-state index in [0.29, 0.717) is 11.2 Å². The van der Waals surface area contributed by atoms with Gasteiger partial charge in [-0.05, 0) is 36.3 Å². The third-order valence-corrected chi connectivity index (χ3v) is 4.79. The van der Waals surface area contributed by atoms with Gasteiger partial charge in [0, 0.05) is 11.2 Å². The van der Waals surface area contributed by atoms with Gasteiger partial charge in [-0.15, -0.1) is 0 Å². The van der Waals surface area contributed by atoms with E-state index in [1.54, 1.807) is 0 Å². The number of aromatic hydroxyl groups is 1. The van der Waals surface area contributed by atoms with Crippen LogP contribution in [-0.2, 0) is 5.41 Å². The van der Waals surface area contributed by atoms with E-state index in [-0.39, 0.29) is 0 Å². The fourth-order valence-corrected chi connectivity index (χ4v) is 3.73. The molecule has 1 saturated carbocycles. The lowest BCUT2D eigenvalue weighted by Gasteiger charge is -2.29. The second kappa shape index (κ2) is 5.13. The number of hydrogen-bond donors (Lipinski definition) is 1.